The molecule has 1 heterocycles. The predicted molar refractivity (Wildman–Crippen MR) is 64.9 cm³/mol. The van der Waals surface area contributed by atoms with Gasteiger partial charge in [0.05, 0.1) is 6.54 Å². The lowest BCUT2D eigenvalue weighted by atomic mass is 10.2. The third-order valence-electron chi connectivity index (χ3n) is 2.53. The minimum atomic E-state index is -2.69. The molecule has 1 aliphatic heterocycles. The van der Waals surface area contributed by atoms with E-state index in [9.17, 15) is 13.6 Å². The molecule has 0 unspecified atom stereocenters. The molecule has 0 aromatic heterocycles. The second kappa shape index (κ2) is 5.38. The highest BCUT2D eigenvalue weighted by molar-refractivity contribution is 5.68. The zero-order chi connectivity index (χ0) is 14.0. The van der Waals surface area contributed by atoms with Gasteiger partial charge in [-0.25, -0.2) is 13.6 Å². The number of hydrogen-bond donors (Lipinski definition) is 0. The van der Waals surface area contributed by atoms with Crippen LogP contribution < -0.4 is 0 Å². The van der Waals surface area contributed by atoms with Crippen LogP contribution in [0.2, 0.25) is 0 Å². The summed E-state index contributed by atoms with van der Waals surface area (Å²) in [5.41, 5.74) is -0.523. The fourth-order valence-corrected chi connectivity index (χ4v) is 1.81. The van der Waals surface area contributed by atoms with E-state index in [-0.39, 0.29) is 12.6 Å². The third kappa shape index (κ3) is 5.62. The first-order valence-corrected chi connectivity index (χ1v) is 6.15. The molecule has 0 spiro atoms. The lowest BCUT2D eigenvalue weighted by Gasteiger charge is -2.36. The molecule has 0 saturated carbocycles. The Morgan fingerprint density at radius 2 is 1.61 bits per heavy atom. The number of amides is 1. The molecule has 1 amide bonds. The zero-order valence-corrected chi connectivity index (χ0v) is 11.5. The van der Waals surface area contributed by atoms with Gasteiger partial charge in [0.2, 0.25) is 0 Å². The molecule has 0 atom stereocenters. The van der Waals surface area contributed by atoms with E-state index in [1.165, 1.54) is 0 Å². The SMILES string of the molecule is CC(F)(F)CN1CCN(C(=O)OC(C)(C)C)CC1. The third-order valence-corrected chi connectivity index (χ3v) is 2.53. The van der Waals surface area contributed by atoms with Crippen molar-refractivity contribution in [2.24, 2.45) is 0 Å². The Morgan fingerprint density at radius 1 is 1.11 bits per heavy atom. The lowest BCUT2D eigenvalue weighted by molar-refractivity contribution is -0.0297. The fourth-order valence-electron chi connectivity index (χ4n) is 1.81. The van der Waals surface area contributed by atoms with E-state index in [2.05, 4.69) is 0 Å². The second-order valence-corrected chi connectivity index (χ2v) is 5.81. The number of carbonyl (C=O) groups is 1. The minimum absolute atomic E-state index is 0.255. The summed E-state index contributed by atoms with van der Waals surface area (Å²) < 4.78 is 30.9. The molecule has 0 N–H and O–H groups in total. The Morgan fingerprint density at radius 3 is 2.00 bits per heavy atom. The normalized spacial score (nSPS) is 18.9. The molecule has 106 valence electrons. The van der Waals surface area contributed by atoms with E-state index in [0.717, 1.165) is 6.92 Å². The highest BCUT2D eigenvalue weighted by Crippen LogP contribution is 2.16. The summed E-state index contributed by atoms with van der Waals surface area (Å²) >= 11 is 0. The van der Waals surface area contributed by atoms with Gasteiger partial charge in [-0.2, -0.15) is 0 Å². The van der Waals surface area contributed by atoms with Gasteiger partial charge in [-0.05, 0) is 20.8 Å². The van der Waals surface area contributed by atoms with Crippen LogP contribution in [0.5, 0.6) is 0 Å². The maximum atomic E-state index is 12.8. The average molecular weight is 264 g/mol. The molecule has 1 rings (SSSR count). The number of halogens is 2. The van der Waals surface area contributed by atoms with Crippen LogP contribution in [0.15, 0.2) is 0 Å². The fraction of sp³-hybridized carbons (Fsp3) is 0.917. The van der Waals surface area contributed by atoms with Gasteiger partial charge < -0.3 is 9.64 Å². The molecule has 1 fully saturated rings. The molecule has 4 nitrogen and oxygen atoms in total. The van der Waals surface area contributed by atoms with Gasteiger partial charge in [0.1, 0.15) is 5.60 Å². The van der Waals surface area contributed by atoms with Crippen LogP contribution in [-0.4, -0.2) is 60.1 Å². The van der Waals surface area contributed by atoms with Crippen molar-refractivity contribution in [2.45, 2.75) is 39.2 Å². The second-order valence-electron chi connectivity index (χ2n) is 5.81. The number of nitrogens with zero attached hydrogens (tertiary/aromatic N) is 2. The summed E-state index contributed by atoms with van der Waals surface area (Å²) in [5, 5.41) is 0. The number of ether oxygens (including phenoxy) is 1. The standard InChI is InChI=1S/C12H22F2N2O2/c1-11(2,3)18-10(17)16-7-5-15(6-8-16)9-12(4,13)14/h5-9H2,1-4H3. The molecule has 0 aromatic rings. The van der Waals surface area contributed by atoms with E-state index >= 15 is 0 Å². The topological polar surface area (TPSA) is 32.8 Å². The Labute approximate surface area is 107 Å². The van der Waals surface area contributed by atoms with E-state index < -0.39 is 11.5 Å². The number of rotatable bonds is 2. The van der Waals surface area contributed by atoms with Crippen LogP contribution in [0.4, 0.5) is 13.6 Å². The Balaban J connectivity index is 2.37. The van der Waals surface area contributed by atoms with Gasteiger partial charge in [0, 0.05) is 33.1 Å². The lowest BCUT2D eigenvalue weighted by Crippen LogP contribution is -2.52. The molecule has 18 heavy (non-hydrogen) atoms. The maximum absolute atomic E-state index is 12.8. The molecule has 0 bridgehead atoms. The van der Waals surface area contributed by atoms with Gasteiger partial charge in [-0.15, -0.1) is 0 Å². The molecule has 6 heteroatoms. The first-order chi connectivity index (χ1) is 8.07. The summed E-state index contributed by atoms with van der Waals surface area (Å²) in [6.07, 6.45) is -0.370. The van der Waals surface area contributed by atoms with Crippen LogP contribution in [0.3, 0.4) is 0 Å². The van der Waals surface area contributed by atoms with Gasteiger partial charge in [-0.3, -0.25) is 4.90 Å². The van der Waals surface area contributed by atoms with Crippen LogP contribution in [0.1, 0.15) is 27.7 Å². The van der Waals surface area contributed by atoms with Crippen LogP contribution >= 0.6 is 0 Å². The Hall–Kier alpha value is -0.910. The molecule has 0 radical (unpaired) electrons. The van der Waals surface area contributed by atoms with Crippen molar-refractivity contribution in [1.82, 2.24) is 9.80 Å². The number of hydrogen-bond acceptors (Lipinski definition) is 3. The molecule has 0 aromatic carbocycles. The monoisotopic (exact) mass is 264 g/mol. The summed E-state index contributed by atoms with van der Waals surface area (Å²) in [7, 11) is 0. The average Bonchev–Trinajstić information content (AvgIpc) is 2.13. The molecule has 1 aliphatic rings. The van der Waals surface area contributed by atoms with Crippen LogP contribution in [-0.2, 0) is 4.74 Å². The minimum Gasteiger partial charge on any atom is -0.444 e. The molecular weight excluding hydrogens is 242 g/mol. The highest BCUT2D eigenvalue weighted by Gasteiger charge is 2.30. The summed E-state index contributed by atoms with van der Waals surface area (Å²) in [6.45, 7) is 7.86. The van der Waals surface area contributed by atoms with E-state index in [4.69, 9.17) is 4.74 Å². The predicted octanol–water partition coefficient (Wildman–Crippen LogP) is 2.19. The Kier molecular flexibility index (Phi) is 4.53. The number of carbonyl (C=O) groups excluding carboxylic acids is 1. The molecular formula is C12H22F2N2O2. The molecule has 1 saturated heterocycles. The van der Waals surface area contributed by atoms with Crippen molar-refractivity contribution in [3.63, 3.8) is 0 Å². The largest absolute Gasteiger partial charge is 0.444 e. The van der Waals surface area contributed by atoms with Gasteiger partial charge in [0.15, 0.2) is 0 Å². The van der Waals surface area contributed by atoms with Crippen molar-refractivity contribution in [1.29, 1.82) is 0 Å². The molecule has 0 aliphatic carbocycles. The number of alkyl halides is 2. The van der Waals surface area contributed by atoms with Crippen molar-refractivity contribution in [2.75, 3.05) is 32.7 Å². The van der Waals surface area contributed by atoms with E-state index in [1.54, 1.807) is 30.6 Å². The Bertz CT molecular complexity index is 289. The maximum Gasteiger partial charge on any atom is 0.410 e. The van der Waals surface area contributed by atoms with Crippen LogP contribution in [0, 0.1) is 0 Å². The van der Waals surface area contributed by atoms with Crippen molar-refractivity contribution >= 4 is 6.09 Å². The first-order valence-electron chi connectivity index (χ1n) is 6.15. The van der Waals surface area contributed by atoms with Crippen molar-refractivity contribution in [3.8, 4) is 0 Å². The quantitative estimate of drug-likeness (QED) is 0.766. The first kappa shape index (κ1) is 15.1. The van der Waals surface area contributed by atoms with Crippen molar-refractivity contribution < 1.29 is 18.3 Å². The van der Waals surface area contributed by atoms with Crippen molar-refractivity contribution in [3.05, 3.63) is 0 Å². The summed E-state index contributed by atoms with van der Waals surface area (Å²) in [6, 6.07) is 0. The summed E-state index contributed by atoms with van der Waals surface area (Å²) in [4.78, 5) is 15.0. The summed E-state index contributed by atoms with van der Waals surface area (Å²) in [5.74, 6) is -2.69. The van der Waals surface area contributed by atoms with Gasteiger partial charge in [-0.1, -0.05) is 0 Å². The smallest absolute Gasteiger partial charge is 0.410 e. The number of piperazine rings is 1. The van der Waals surface area contributed by atoms with Gasteiger partial charge in [0.25, 0.3) is 5.92 Å². The van der Waals surface area contributed by atoms with E-state index in [1.807, 2.05) is 0 Å². The van der Waals surface area contributed by atoms with Gasteiger partial charge >= 0.3 is 6.09 Å². The van der Waals surface area contributed by atoms with E-state index in [0.29, 0.717) is 26.2 Å². The van der Waals surface area contributed by atoms with Crippen LogP contribution in [0.25, 0.3) is 0 Å². The highest BCUT2D eigenvalue weighted by atomic mass is 19.3. The zero-order valence-electron chi connectivity index (χ0n) is 11.5.